The Hall–Kier alpha value is -0.880. The minimum Gasteiger partial charge on any atom is -0.394 e. The number of hydrogen-bond donors (Lipinski definition) is 2. The summed E-state index contributed by atoms with van der Waals surface area (Å²) in [7, 11) is 0. The van der Waals surface area contributed by atoms with Crippen molar-refractivity contribution >= 4 is 29.7 Å². The molecule has 0 saturated carbocycles. The number of nitro benzene ring substituents is 1. The van der Waals surface area contributed by atoms with E-state index in [4.69, 9.17) is 22.4 Å². The second-order valence-corrected chi connectivity index (χ2v) is 3.19. The molecule has 15 heavy (non-hydrogen) atoms. The molecular weight excluding hydrogens is 243 g/mol. The minimum absolute atomic E-state index is 0. The van der Waals surface area contributed by atoms with Crippen LogP contribution in [0.25, 0.3) is 0 Å². The first-order chi connectivity index (χ1) is 6.56. The van der Waals surface area contributed by atoms with Gasteiger partial charge in [0.2, 0.25) is 0 Å². The summed E-state index contributed by atoms with van der Waals surface area (Å²) in [4.78, 5) is 10.0. The summed E-state index contributed by atoms with van der Waals surface area (Å²) in [6.45, 7) is -0.360. The quantitative estimate of drug-likeness (QED) is 0.633. The van der Waals surface area contributed by atoms with Crippen LogP contribution in [0.2, 0.25) is 5.02 Å². The van der Waals surface area contributed by atoms with E-state index < -0.39 is 11.0 Å². The Morgan fingerprint density at radius 2 is 2.20 bits per heavy atom. The number of aliphatic hydroxyl groups excluding tert-OH is 1. The topological polar surface area (TPSA) is 89.4 Å². The van der Waals surface area contributed by atoms with Crippen molar-refractivity contribution in [2.75, 3.05) is 6.61 Å². The van der Waals surface area contributed by atoms with Crippen LogP contribution in [0, 0.1) is 10.1 Å². The maximum absolute atomic E-state index is 10.6. The van der Waals surface area contributed by atoms with Gasteiger partial charge in [0.25, 0.3) is 5.69 Å². The molecule has 3 N–H and O–H groups in total. The molecule has 0 amide bonds. The molecule has 0 aliphatic rings. The molecule has 0 aromatic heterocycles. The lowest BCUT2D eigenvalue weighted by atomic mass is 10.1. The van der Waals surface area contributed by atoms with E-state index in [1.54, 1.807) is 0 Å². The summed E-state index contributed by atoms with van der Waals surface area (Å²) >= 11 is 5.66. The molecule has 0 bridgehead atoms. The van der Waals surface area contributed by atoms with Crippen molar-refractivity contribution in [1.82, 2.24) is 0 Å². The highest BCUT2D eigenvalue weighted by molar-refractivity contribution is 6.30. The Labute approximate surface area is 97.4 Å². The molecule has 0 fully saturated rings. The van der Waals surface area contributed by atoms with E-state index in [0.717, 1.165) is 0 Å². The summed E-state index contributed by atoms with van der Waals surface area (Å²) in [5.41, 5.74) is 5.60. The van der Waals surface area contributed by atoms with Gasteiger partial charge in [-0.25, -0.2) is 0 Å². The Kier molecular flexibility index (Phi) is 5.53. The van der Waals surface area contributed by atoms with Crippen LogP contribution in [-0.4, -0.2) is 16.6 Å². The van der Waals surface area contributed by atoms with Gasteiger partial charge in [-0.1, -0.05) is 11.6 Å². The molecular formula is C8H10Cl2N2O3. The molecule has 0 aliphatic carbocycles. The second kappa shape index (κ2) is 5.87. The average Bonchev–Trinajstić information content (AvgIpc) is 2.16. The average molecular weight is 253 g/mol. The van der Waals surface area contributed by atoms with Gasteiger partial charge in [-0.3, -0.25) is 10.1 Å². The zero-order chi connectivity index (χ0) is 10.7. The van der Waals surface area contributed by atoms with Crippen molar-refractivity contribution in [3.63, 3.8) is 0 Å². The summed E-state index contributed by atoms with van der Waals surface area (Å²) in [5, 5.41) is 19.7. The van der Waals surface area contributed by atoms with Crippen molar-refractivity contribution in [1.29, 1.82) is 0 Å². The number of aliphatic hydroxyl groups is 1. The number of nitrogens with two attached hydrogens (primary N) is 1. The van der Waals surface area contributed by atoms with Crippen LogP contribution in [0.15, 0.2) is 18.2 Å². The van der Waals surface area contributed by atoms with Crippen LogP contribution in [0.3, 0.4) is 0 Å². The first-order valence-electron chi connectivity index (χ1n) is 3.86. The van der Waals surface area contributed by atoms with Gasteiger partial charge in [0.05, 0.1) is 23.1 Å². The lowest BCUT2D eigenvalue weighted by molar-refractivity contribution is -0.385. The van der Waals surface area contributed by atoms with E-state index in [1.165, 1.54) is 18.2 Å². The van der Waals surface area contributed by atoms with Crippen molar-refractivity contribution in [2.45, 2.75) is 6.04 Å². The number of nitro groups is 1. The fourth-order valence-corrected chi connectivity index (χ4v) is 1.27. The molecule has 1 atom stereocenters. The van der Waals surface area contributed by atoms with Gasteiger partial charge in [-0.15, -0.1) is 12.4 Å². The molecule has 84 valence electrons. The first kappa shape index (κ1) is 14.1. The van der Waals surface area contributed by atoms with E-state index in [0.29, 0.717) is 5.02 Å². The minimum atomic E-state index is -0.783. The molecule has 0 spiro atoms. The molecule has 0 heterocycles. The summed E-state index contributed by atoms with van der Waals surface area (Å²) < 4.78 is 0. The third kappa shape index (κ3) is 3.32. The predicted octanol–water partition coefficient (Wildman–Crippen LogP) is 1.66. The van der Waals surface area contributed by atoms with Crippen molar-refractivity contribution in [2.24, 2.45) is 5.73 Å². The number of hydrogen-bond acceptors (Lipinski definition) is 4. The van der Waals surface area contributed by atoms with Crippen LogP contribution in [0.1, 0.15) is 11.6 Å². The molecule has 1 aromatic rings. The van der Waals surface area contributed by atoms with E-state index in [1.807, 2.05) is 0 Å². The van der Waals surface area contributed by atoms with Crippen LogP contribution in [0.5, 0.6) is 0 Å². The third-order valence-corrected chi connectivity index (χ3v) is 2.02. The van der Waals surface area contributed by atoms with Gasteiger partial charge in [-0.05, 0) is 12.1 Å². The zero-order valence-electron chi connectivity index (χ0n) is 7.59. The molecule has 1 rings (SSSR count). The van der Waals surface area contributed by atoms with Gasteiger partial charge in [-0.2, -0.15) is 0 Å². The van der Waals surface area contributed by atoms with Crippen LogP contribution >= 0.6 is 24.0 Å². The lowest BCUT2D eigenvalue weighted by Crippen LogP contribution is -2.16. The maximum Gasteiger partial charge on any atom is 0.274 e. The molecule has 7 heteroatoms. The number of benzene rings is 1. The first-order valence-corrected chi connectivity index (χ1v) is 4.24. The fraction of sp³-hybridized carbons (Fsp3) is 0.250. The van der Waals surface area contributed by atoms with Crippen LogP contribution in [-0.2, 0) is 0 Å². The molecule has 0 radical (unpaired) electrons. The Morgan fingerprint density at radius 1 is 1.60 bits per heavy atom. The highest BCUT2D eigenvalue weighted by atomic mass is 35.5. The zero-order valence-corrected chi connectivity index (χ0v) is 9.16. The molecule has 0 aliphatic heterocycles. The summed E-state index contributed by atoms with van der Waals surface area (Å²) in [5.74, 6) is 0. The summed E-state index contributed by atoms with van der Waals surface area (Å²) in [6, 6.07) is 3.29. The van der Waals surface area contributed by atoms with E-state index >= 15 is 0 Å². The predicted molar refractivity (Wildman–Crippen MR) is 59.4 cm³/mol. The molecule has 0 saturated heterocycles. The molecule has 0 unspecified atom stereocenters. The van der Waals surface area contributed by atoms with Crippen molar-refractivity contribution in [3.05, 3.63) is 38.9 Å². The highest BCUT2D eigenvalue weighted by Gasteiger charge is 2.18. The Balaban J connectivity index is 0.00000196. The SMILES string of the molecule is Cl.N[C@H](CO)c1cc(Cl)ccc1[N+](=O)[O-]. The van der Waals surface area contributed by atoms with E-state index in [9.17, 15) is 10.1 Å². The van der Waals surface area contributed by atoms with Gasteiger partial charge < -0.3 is 10.8 Å². The molecule has 5 nitrogen and oxygen atoms in total. The standard InChI is InChI=1S/C8H9ClN2O3.ClH/c9-5-1-2-8(11(13)14)6(3-5)7(10)4-12;/h1-3,7,12H,4,10H2;1H/t7-;/m1./s1. The number of halogens is 2. The second-order valence-electron chi connectivity index (χ2n) is 2.75. The van der Waals surface area contributed by atoms with Gasteiger partial charge in [0.1, 0.15) is 0 Å². The van der Waals surface area contributed by atoms with E-state index in [2.05, 4.69) is 0 Å². The lowest BCUT2D eigenvalue weighted by Gasteiger charge is -2.08. The monoisotopic (exact) mass is 252 g/mol. The van der Waals surface area contributed by atoms with Gasteiger partial charge >= 0.3 is 0 Å². The third-order valence-electron chi connectivity index (χ3n) is 1.78. The normalized spacial score (nSPS) is 11.7. The summed E-state index contributed by atoms with van der Waals surface area (Å²) in [6.07, 6.45) is 0. The van der Waals surface area contributed by atoms with Crippen LogP contribution in [0.4, 0.5) is 5.69 Å². The Morgan fingerprint density at radius 3 is 2.67 bits per heavy atom. The Bertz CT molecular complexity index is 360. The van der Waals surface area contributed by atoms with Crippen LogP contribution < -0.4 is 5.73 Å². The molecule has 1 aromatic carbocycles. The fourth-order valence-electron chi connectivity index (χ4n) is 1.09. The smallest absolute Gasteiger partial charge is 0.274 e. The van der Waals surface area contributed by atoms with E-state index in [-0.39, 0.29) is 30.3 Å². The van der Waals surface area contributed by atoms with Crippen molar-refractivity contribution < 1.29 is 10.0 Å². The maximum atomic E-state index is 10.6. The number of nitrogens with zero attached hydrogens (tertiary/aromatic N) is 1. The van der Waals surface area contributed by atoms with Crippen molar-refractivity contribution in [3.8, 4) is 0 Å². The van der Waals surface area contributed by atoms with Gasteiger partial charge in [0, 0.05) is 11.1 Å². The number of rotatable bonds is 3. The highest BCUT2D eigenvalue weighted by Crippen LogP contribution is 2.26. The largest absolute Gasteiger partial charge is 0.394 e. The van der Waals surface area contributed by atoms with Gasteiger partial charge in [0.15, 0.2) is 0 Å².